The maximum Gasteiger partial charge on any atom is 0.416 e. The molecule has 8 nitrogen and oxygen atoms in total. The zero-order chi connectivity index (χ0) is 36.9. The minimum absolute atomic E-state index is 0.0153. The van der Waals surface area contributed by atoms with Gasteiger partial charge in [0, 0.05) is 36.8 Å². The number of carboxylic acid groups (broad SMARTS) is 1. The summed E-state index contributed by atoms with van der Waals surface area (Å²) in [6.07, 6.45) is -1.77. The van der Waals surface area contributed by atoms with Crippen LogP contribution in [0, 0.1) is 43.2 Å². The number of carboxylic acids is 1. The summed E-state index contributed by atoms with van der Waals surface area (Å²) in [7, 11) is 0. The molecule has 264 valence electrons. The number of carbonyl (C=O) groups is 2. The lowest BCUT2D eigenvalue weighted by molar-refractivity contribution is -0.139. The van der Waals surface area contributed by atoms with Crippen LogP contribution in [0.3, 0.4) is 0 Å². The van der Waals surface area contributed by atoms with Crippen molar-refractivity contribution in [3.63, 3.8) is 0 Å². The summed E-state index contributed by atoms with van der Waals surface area (Å²) in [4.78, 5) is 39.4. The normalized spacial score (nSPS) is 12.7. The Labute approximate surface area is 285 Å². The predicted molar refractivity (Wildman–Crippen MR) is 177 cm³/mol. The minimum Gasteiger partial charge on any atom is -0.481 e. The van der Waals surface area contributed by atoms with E-state index in [2.05, 4.69) is 22.3 Å². The van der Waals surface area contributed by atoms with E-state index in [0.717, 1.165) is 10.8 Å². The molecule has 1 amide bonds. The highest BCUT2D eigenvalue weighted by molar-refractivity contribution is 5.82. The fourth-order valence-electron chi connectivity index (χ4n) is 6.08. The average Bonchev–Trinajstić information content (AvgIpc) is 3.53. The van der Waals surface area contributed by atoms with Gasteiger partial charge in [-0.15, -0.1) is 5.92 Å². The van der Waals surface area contributed by atoms with Crippen LogP contribution in [0.2, 0.25) is 0 Å². The number of amides is 1. The highest BCUT2D eigenvalue weighted by atomic mass is 19.4. The van der Waals surface area contributed by atoms with Crippen LogP contribution < -0.4 is 10.9 Å². The molecule has 2 N–H and O–H groups in total. The van der Waals surface area contributed by atoms with Crippen molar-refractivity contribution in [1.82, 2.24) is 19.7 Å². The second kappa shape index (κ2) is 15.5. The number of benzene rings is 2. The van der Waals surface area contributed by atoms with Crippen molar-refractivity contribution >= 4 is 11.9 Å². The first-order valence-corrected chi connectivity index (χ1v) is 15.8. The van der Waals surface area contributed by atoms with E-state index < -0.39 is 59.3 Å². The minimum atomic E-state index is -4.86. The number of aliphatic carboxylic acids is 1. The van der Waals surface area contributed by atoms with Crippen molar-refractivity contribution in [2.75, 3.05) is 0 Å². The zero-order valence-electron chi connectivity index (χ0n) is 28.2. The van der Waals surface area contributed by atoms with E-state index in [9.17, 15) is 37.1 Å². The molecule has 0 fully saturated rings. The van der Waals surface area contributed by atoms with Gasteiger partial charge < -0.3 is 15.0 Å². The number of aromatic nitrogens is 3. The molecule has 0 radical (unpaired) electrons. The van der Waals surface area contributed by atoms with E-state index in [1.54, 1.807) is 40.0 Å². The summed E-state index contributed by atoms with van der Waals surface area (Å²) in [5, 5.41) is 16.4. The molecule has 2 aromatic heterocycles. The van der Waals surface area contributed by atoms with Crippen molar-refractivity contribution in [3.05, 3.63) is 110 Å². The molecule has 0 aliphatic heterocycles. The molecular weight excluding hydrogens is 659 g/mol. The van der Waals surface area contributed by atoms with Crippen LogP contribution in [0.25, 0.3) is 11.1 Å². The molecule has 50 heavy (non-hydrogen) atoms. The number of halogens is 5. The molecular formula is C37H37F5N4O4. The van der Waals surface area contributed by atoms with Gasteiger partial charge in [0.1, 0.15) is 17.7 Å². The summed E-state index contributed by atoms with van der Waals surface area (Å²) < 4.78 is 74.8. The van der Waals surface area contributed by atoms with Gasteiger partial charge in [-0.25, -0.2) is 8.78 Å². The molecule has 0 unspecified atom stereocenters. The highest BCUT2D eigenvalue weighted by Gasteiger charge is 2.36. The van der Waals surface area contributed by atoms with Crippen molar-refractivity contribution in [2.24, 2.45) is 5.92 Å². The van der Waals surface area contributed by atoms with Crippen LogP contribution in [0.5, 0.6) is 0 Å². The van der Waals surface area contributed by atoms with Gasteiger partial charge in [0.15, 0.2) is 0 Å². The van der Waals surface area contributed by atoms with Crippen LogP contribution in [0.4, 0.5) is 22.0 Å². The quantitative estimate of drug-likeness (QED) is 0.121. The van der Waals surface area contributed by atoms with Gasteiger partial charge in [-0.2, -0.15) is 18.3 Å². The van der Waals surface area contributed by atoms with E-state index in [4.69, 9.17) is 0 Å². The Morgan fingerprint density at radius 2 is 1.74 bits per heavy atom. The molecule has 0 saturated carbocycles. The van der Waals surface area contributed by atoms with Crippen LogP contribution in [-0.4, -0.2) is 31.3 Å². The summed E-state index contributed by atoms with van der Waals surface area (Å²) in [6.45, 7) is 8.36. The van der Waals surface area contributed by atoms with Gasteiger partial charge in [-0.1, -0.05) is 19.8 Å². The van der Waals surface area contributed by atoms with E-state index in [-0.39, 0.29) is 42.0 Å². The maximum absolute atomic E-state index is 16.1. The molecule has 2 aromatic carbocycles. The van der Waals surface area contributed by atoms with Gasteiger partial charge in [-0.3, -0.25) is 19.1 Å². The van der Waals surface area contributed by atoms with Crippen LogP contribution in [0.15, 0.2) is 59.8 Å². The molecule has 2 heterocycles. The van der Waals surface area contributed by atoms with Crippen molar-refractivity contribution in [2.45, 2.75) is 78.7 Å². The first-order valence-electron chi connectivity index (χ1n) is 15.8. The standard InChI is InChI=1S/C37H37F5N4O4/c1-6-8-24-16-26(34-22(4)14-27(38)15-23(34)5)17-28(35(24)39)30(19-33(48)49)44-36(50)31(13-21(2)3)46-20-25(9-12-45-11-7-10-43-45)29(18-32(46)47)37(40,41)42/h7,10-11,14-18,20-21,30-31H,9,12-13,19H2,1-5H3,(H,44,50)(H,48,49)/t30-,31+/m0/s1. The number of rotatable bonds is 12. The Kier molecular flexibility index (Phi) is 11.7. The van der Waals surface area contributed by atoms with Crippen LogP contribution in [0.1, 0.15) is 79.1 Å². The van der Waals surface area contributed by atoms with E-state index in [1.165, 1.54) is 42.1 Å². The van der Waals surface area contributed by atoms with Gasteiger partial charge in [0.05, 0.1) is 23.6 Å². The number of hydrogen-bond acceptors (Lipinski definition) is 4. The Bertz CT molecular complexity index is 1980. The van der Waals surface area contributed by atoms with Gasteiger partial charge in [0.2, 0.25) is 5.91 Å². The Hall–Kier alpha value is -5.25. The zero-order valence-corrected chi connectivity index (χ0v) is 28.2. The second-order valence-corrected chi connectivity index (χ2v) is 12.5. The maximum atomic E-state index is 16.1. The molecule has 4 rings (SSSR count). The lowest BCUT2D eigenvalue weighted by Gasteiger charge is -2.27. The molecule has 2 atom stereocenters. The van der Waals surface area contributed by atoms with Gasteiger partial charge in [0.25, 0.3) is 5.56 Å². The number of hydrogen-bond donors (Lipinski definition) is 2. The predicted octanol–water partition coefficient (Wildman–Crippen LogP) is 7.16. The second-order valence-electron chi connectivity index (χ2n) is 12.5. The fraction of sp³-hybridized carbons (Fsp3) is 0.351. The van der Waals surface area contributed by atoms with Crippen molar-refractivity contribution in [3.8, 4) is 23.0 Å². The van der Waals surface area contributed by atoms with Crippen LogP contribution in [-0.2, 0) is 28.7 Å². The molecule has 0 aliphatic carbocycles. The Morgan fingerprint density at radius 1 is 1.06 bits per heavy atom. The highest BCUT2D eigenvalue weighted by Crippen LogP contribution is 2.35. The third-order valence-corrected chi connectivity index (χ3v) is 8.19. The summed E-state index contributed by atoms with van der Waals surface area (Å²) >= 11 is 0. The van der Waals surface area contributed by atoms with E-state index in [1.807, 2.05) is 0 Å². The third-order valence-electron chi connectivity index (χ3n) is 8.19. The van der Waals surface area contributed by atoms with E-state index in [0.29, 0.717) is 28.3 Å². The Balaban J connectivity index is 1.83. The summed E-state index contributed by atoms with van der Waals surface area (Å²) in [5.41, 5.74) is -0.785. The van der Waals surface area contributed by atoms with Crippen LogP contribution >= 0.6 is 0 Å². The van der Waals surface area contributed by atoms with Gasteiger partial charge in [-0.05, 0) is 97.7 Å². The summed E-state index contributed by atoms with van der Waals surface area (Å²) in [6, 6.07) is 4.61. The smallest absolute Gasteiger partial charge is 0.416 e. The number of nitrogens with zero attached hydrogens (tertiary/aromatic N) is 3. The fourth-order valence-corrected chi connectivity index (χ4v) is 6.08. The topological polar surface area (TPSA) is 106 Å². The SMILES string of the molecule is CC#Cc1cc(-c2c(C)cc(F)cc2C)cc([C@H](CC(=O)O)NC(=O)[C@@H](CC(C)C)n2cc(CCn3cccn3)c(C(F)(F)F)cc2=O)c1F. The van der Waals surface area contributed by atoms with Crippen molar-refractivity contribution < 1.29 is 36.6 Å². The van der Waals surface area contributed by atoms with Gasteiger partial charge >= 0.3 is 12.1 Å². The molecule has 13 heteroatoms. The lowest BCUT2D eigenvalue weighted by atomic mass is 9.90. The Morgan fingerprint density at radius 3 is 2.30 bits per heavy atom. The monoisotopic (exact) mass is 696 g/mol. The average molecular weight is 697 g/mol. The number of carbonyl (C=O) groups excluding carboxylic acids is 1. The number of pyridine rings is 1. The van der Waals surface area contributed by atoms with E-state index >= 15 is 4.39 Å². The lowest BCUT2D eigenvalue weighted by Crippen LogP contribution is -2.41. The van der Waals surface area contributed by atoms with Crippen molar-refractivity contribution in [1.29, 1.82) is 0 Å². The molecule has 0 bridgehead atoms. The summed E-state index contributed by atoms with van der Waals surface area (Å²) in [5.74, 6) is 1.39. The first-order chi connectivity index (χ1) is 23.5. The molecule has 0 spiro atoms. The molecule has 4 aromatic rings. The molecule has 0 saturated heterocycles. The molecule has 0 aliphatic rings. The number of aryl methyl sites for hydroxylation is 4. The first kappa shape index (κ1) is 37.6. The third kappa shape index (κ3) is 8.85. The number of nitrogens with one attached hydrogen (secondary N) is 1. The largest absolute Gasteiger partial charge is 0.481 e. The number of alkyl halides is 3.